The van der Waals surface area contributed by atoms with Gasteiger partial charge in [0.15, 0.2) is 6.10 Å². The Hall–Kier alpha value is -1.58. The van der Waals surface area contributed by atoms with E-state index in [4.69, 9.17) is 5.11 Å². The maximum absolute atomic E-state index is 12.9. The van der Waals surface area contributed by atoms with E-state index in [-0.39, 0.29) is 0 Å². The minimum atomic E-state index is -5.04. The maximum Gasteiger partial charge on any atom is 0.416 e. The molecule has 0 aliphatic carbocycles. The number of rotatable bonds is 3. The first kappa shape index (κ1) is 14.5. The van der Waals surface area contributed by atoms with Gasteiger partial charge in [-0.25, -0.2) is 0 Å². The Morgan fingerprint density at radius 3 is 1.89 bits per heavy atom. The average molecular weight is 278 g/mol. The Morgan fingerprint density at radius 2 is 1.50 bits per heavy atom. The molecule has 0 fully saturated rings. The van der Waals surface area contributed by atoms with Gasteiger partial charge in [-0.05, 0) is 0 Å². The molecule has 1 unspecified atom stereocenters. The van der Waals surface area contributed by atoms with Crippen LogP contribution >= 0.6 is 0 Å². The van der Waals surface area contributed by atoms with Crippen LogP contribution < -0.4 is 5.32 Å². The van der Waals surface area contributed by atoms with E-state index in [9.17, 15) is 30.7 Å². The molecule has 0 amide bonds. The number of pyridine rings is 1. The third-order valence-corrected chi connectivity index (χ3v) is 1.85. The van der Waals surface area contributed by atoms with E-state index in [2.05, 4.69) is 4.98 Å². The molecule has 10 heteroatoms. The molecule has 1 atom stereocenters. The summed E-state index contributed by atoms with van der Waals surface area (Å²) in [5.41, 5.74) is -1.47. The van der Waals surface area contributed by atoms with Gasteiger partial charge >= 0.3 is 6.18 Å². The molecular weight excluding hydrogens is 273 g/mol. The number of aromatic nitrogens is 1. The largest absolute Gasteiger partial charge is 0.416 e. The summed E-state index contributed by atoms with van der Waals surface area (Å²) >= 11 is 0. The SMILES string of the molecule is OC(CNc1c(F)c(F)nc(F)c1F)C(F)(F)F. The van der Waals surface area contributed by atoms with Crippen molar-refractivity contribution < 1.29 is 35.8 Å². The van der Waals surface area contributed by atoms with Gasteiger partial charge in [0, 0.05) is 6.54 Å². The molecule has 18 heavy (non-hydrogen) atoms. The van der Waals surface area contributed by atoms with E-state index in [1.165, 1.54) is 5.32 Å². The lowest BCUT2D eigenvalue weighted by molar-refractivity contribution is -0.198. The first-order valence-corrected chi connectivity index (χ1v) is 4.33. The Morgan fingerprint density at radius 1 is 1.06 bits per heavy atom. The van der Waals surface area contributed by atoms with Gasteiger partial charge in [0.1, 0.15) is 5.69 Å². The lowest BCUT2D eigenvalue weighted by Gasteiger charge is -2.16. The highest BCUT2D eigenvalue weighted by Crippen LogP contribution is 2.24. The number of hydrogen-bond acceptors (Lipinski definition) is 3. The van der Waals surface area contributed by atoms with Crippen molar-refractivity contribution >= 4 is 5.69 Å². The van der Waals surface area contributed by atoms with Crippen LogP contribution in [0.2, 0.25) is 0 Å². The molecule has 0 radical (unpaired) electrons. The van der Waals surface area contributed by atoms with Gasteiger partial charge in [-0.3, -0.25) is 0 Å². The number of alkyl halides is 3. The number of aliphatic hydroxyl groups is 1. The van der Waals surface area contributed by atoms with Gasteiger partial charge < -0.3 is 10.4 Å². The molecule has 2 N–H and O–H groups in total. The van der Waals surface area contributed by atoms with E-state index < -0.39 is 48.0 Å². The summed E-state index contributed by atoms with van der Waals surface area (Å²) in [6.45, 7) is -1.37. The van der Waals surface area contributed by atoms with E-state index in [1.807, 2.05) is 0 Å². The second kappa shape index (κ2) is 4.96. The fourth-order valence-electron chi connectivity index (χ4n) is 0.957. The molecule has 0 saturated carbocycles. The molecular formula is C8H5F7N2O. The quantitative estimate of drug-likeness (QED) is 0.656. The minimum Gasteiger partial charge on any atom is -0.382 e. The van der Waals surface area contributed by atoms with Gasteiger partial charge in [0.25, 0.3) is 11.9 Å². The number of nitrogens with one attached hydrogen (secondary N) is 1. The van der Waals surface area contributed by atoms with Crippen LogP contribution in [0.4, 0.5) is 36.4 Å². The van der Waals surface area contributed by atoms with Crippen molar-refractivity contribution in [3.63, 3.8) is 0 Å². The molecule has 3 nitrogen and oxygen atoms in total. The van der Waals surface area contributed by atoms with Gasteiger partial charge in [-0.15, -0.1) is 0 Å². The fraction of sp³-hybridized carbons (Fsp3) is 0.375. The van der Waals surface area contributed by atoms with Crippen molar-refractivity contribution in [3.8, 4) is 0 Å². The van der Waals surface area contributed by atoms with Crippen LogP contribution in [0, 0.1) is 23.5 Å². The zero-order valence-electron chi connectivity index (χ0n) is 8.32. The van der Waals surface area contributed by atoms with Crippen molar-refractivity contribution in [1.29, 1.82) is 0 Å². The van der Waals surface area contributed by atoms with Crippen molar-refractivity contribution in [2.45, 2.75) is 12.3 Å². The van der Waals surface area contributed by atoms with Crippen LogP contribution in [0.25, 0.3) is 0 Å². The van der Waals surface area contributed by atoms with Gasteiger partial charge in [0.05, 0.1) is 0 Å². The number of aliphatic hydroxyl groups excluding tert-OH is 1. The smallest absolute Gasteiger partial charge is 0.382 e. The first-order chi connectivity index (χ1) is 8.14. The molecule has 0 saturated heterocycles. The topological polar surface area (TPSA) is 45.1 Å². The average Bonchev–Trinajstić information content (AvgIpc) is 2.25. The molecule has 0 aromatic carbocycles. The second-order valence-corrected chi connectivity index (χ2v) is 3.13. The molecule has 1 aromatic heterocycles. The van der Waals surface area contributed by atoms with Crippen LogP contribution in [0.15, 0.2) is 0 Å². The highest BCUT2D eigenvalue weighted by molar-refractivity contribution is 5.45. The standard InChI is InChI=1S/C8H5F7N2O/c9-3-5(4(10)7(12)17-6(3)11)16-1-2(18)8(13,14)15/h2,18H,1H2,(H,16,17). The van der Waals surface area contributed by atoms with Crippen LogP contribution in [-0.4, -0.2) is 28.9 Å². The summed E-state index contributed by atoms with van der Waals surface area (Å²) in [5, 5.41) is 9.96. The number of nitrogens with zero attached hydrogens (tertiary/aromatic N) is 1. The highest BCUT2D eigenvalue weighted by Gasteiger charge is 2.38. The van der Waals surface area contributed by atoms with Crippen LogP contribution in [0.1, 0.15) is 0 Å². The van der Waals surface area contributed by atoms with Gasteiger partial charge in [-0.1, -0.05) is 0 Å². The van der Waals surface area contributed by atoms with Crippen LogP contribution in [0.3, 0.4) is 0 Å². The summed E-state index contributed by atoms with van der Waals surface area (Å²) in [6.07, 6.45) is -7.99. The second-order valence-electron chi connectivity index (χ2n) is 3.13. The van der Waals surface area contributed by atoms with Crippen molar-refractivity contribution in [1.82, 2.24) is 4.98 Å². The summed E-state index contributed by atoms with van der Waals surface area (Å²) in [7, 11) is 0. The molecule has 0 spiro atoms. The predicted octanol–water partition coefficient (Wildman–Crippen LogP) is 1.97. The van der Waals surface area contributed by atoms with Crippen molar-refractivity contribution in [2.75, 3.05) is 11.9 Å². The third-order valence-electron chi connectivity index (χ3n) is 1.85. The molecule has 1 aromatic rings. The number of anilines is 1. The number of hydrogen-bond donors (Lipinski definition) is 2. The summed E-state index contributed by atoms with van der Waals surface area (Å²) < 4.78 is 86.6. The number of halogens is 7. The van der Waals surface area contributed by atoms with Crippen molar-refractivity contribution in [3.05, 3.63) is 23.5 Å². The molecule has 0 aliphatic rings. The summed E-state index contributed by atoms with van der Waals surface area (Å²) in [6, 6.07) is 0. The van der Waals surface area contributed by atoms with Crippen molar-refractivity contribution in [2.24, 2.45) is 0 Å². The molecule has 0 bridgehead atoms. The molecule has 0 aliphatic heterocycles. The fourth-order valence-corrected chi connectivity index (χ4v) is 0.957. The maximum atomic E-state index is 12.9. The Bertz CT molecular complexity index is 422. The van der Waals surface area contributed by atoms with Gasteiger partial charge in [0.2, 0.25) is 11.6 Å². The van der Waals surface area contributed by atoms with Crippen LogP contribution in [0.5, 0.6) is 0 Å². The predicted molar refractivity (Wildman–Crippen MR) is 44.6 cm³/mol. The lowest BCUT2D eigenvalue weighted by Crippen LogP contribution is -2.35. The van der Waals surface area contributed by atoms with E-state index >= 15 is 0 Å². The first-order valence-electron chi connectivity index (χ1n) is 4.33. The van der Waals surface area contributed by atoms with E-state index in [0.717, 1.165) is 0 Å². The zero-order chi connectivity index (χ0) is 14.1. The summed E-state index contributed by atoms with van der Waals surface area (Å²) in [4.78, 5) is 2.20. The highest BCUT2D eigenvalue weighted by atomic mass is 19.4. The van der Waals surface area contributed by atoms with E-state index in [0.29, 0.717) is 0 Å². The van der Waals surface area contributed by atoms with Gasteiger partial charge in [-0.2, -0.15) is 35.7 Å². The minimum absolute atomic E-state index is 1.37. The monoisotopic (exact) mass is 278 g/mol. The lowest BCUT2D eigenvalue weighted by atomic mass is 10.3. The Balaban J connectivity index is 2.92. The third kappa shape index (κ3) is 3.00. The normalized spacial score (nSPS) is 13.6. The molecule has 1 rings (SSSR count). The molecule has 102 valence electrons. The Kier molecular flexibility index (Phi) is 3.99. The van der Waals surface area contributed by atoms with Crippen LogP contribution in [-0.2, 0) is 0 Å². The van der Waals surface area contributed by atoms with E-state index in [1.54, 1.807) is 0 Å². The molecule has 1 heterocycles. The zero-order valence-corrected chi connectivity index (χ0v) is 8.32. The Labute approximate surface area is 95.2 Å². The summed E-state index contributed by atoms with van der Waals surface area (Å²) in [5.74, 6) is -8.00.